The van der Waals surface area contributed by atoms with E-state index in [2.05, 4.69) is 15.3 Å². The second-order valence-electron chi connectivity index (χ2n) is 4.10. The van der Waals surface area contributed by atoms with Crippen LogP contribution in [0.3, 0.4) is 0 Å². The molecule has 2 unspecified atom stereocenters. The number of carboxylic acids is 1. The fourth-order valence-electron chi connectivity index (χ4n) is 1.76. The van der Waals surface area contributed by atoms with Crippen LogP contribution in [0.2, 0.25) is 5.15 Å². The van der Waals surface area contributed by atoms with Gasteiger partial charge < -0.3 is 15.2 Å². The van der Waals surface area contributed by atoms with Crippen LogP contribution in [0.1, 0.15) is 23.3 Å². The average molecular weight is 286 g/mol. The van der Waals surface area contributed by atoms with Gasteiger partial charge in [0.25, 0.3) is 5.91 Å². The summed E-state index contributed by atoms with van der Waals surface area (Å²) in [6.45, 7) is 0.243. The van der Waals surface area contributed by atoms with Crippen LogP contribution in [0.5, 0.6) is 0 Å². The Morgan fingerprint density at radius 2 is 2.21 bits per heavy atom. The summed E-state index contributed by atoms with van der Waals surface area (Å²) in [5.74, 6) is -1.37. The van der Waals surface area contributed by atoms with Gasteiger partial charge in [-0.3, -0.25) is 4.79 Å². The summed E-state index contributed by atoms with van der Waals surface area (Å²) < 4.78 is 5.26. The largest absolute Gasteiger partial charge is 0.479 e. The van der Waals surface area contributed by atoms with E-state index >= 15 is 0 Å². The molecular formula is C11H12ClN3O4. The number of nitrogens with one attached hydrogen (secondary N) is 1. The lowest BCUT2D eigenvalue weighted by Crippen LogP contribution is -2.33. The highest BCUT2D eigenvalue weighted by molar-refractivity contribution is 6.29. The molecule has 1 aliphatic heterocycles. The van der Waals surface area contributed by atoms with Gasteiger partial charge in [-0.1, -0.05) is 11.6 Å². The third-order valence-corrected chi connectivity index (χ3v) is 2.92. The number of carbonyl (C=O) groups is 2. The molecule has 1 aromatic heterocycles. The van der Waals surface area contributed by atoms with Crippen molar-refractivity contribution in [3.63, 3.8) is 0 Å². The molecular weight excluding hydrogens is 274 g/mol. The topological polar surface area (TPSA) is 101 Å². The van der Waals surface area contributed by atoms with Gasteiger partial charge in [0.1, 0.15) is 10.8 Å². The van der Waals surface area contributed by atoms with Gasteiger partial charge in [0.15, 0.2) is 6.10 Å². The van der Waals surface area contributed by atoms with Crippen molar-refractivity contribution in [2.24, 2.45) is 0 Å². The van der Waals surface area contributed by atoms with Crippen LogP contribution in [-0.2, 0) is 9.53 Å². The van der Waals surface area contributed by atoms with Gasteiger partial charge in [0.2, 0.25) is 0 Å². The standard InChI is InChI=1S/C11H12ClN3O4/c12-9-5-13-7(4-14-9)10(16)15-3-6-1-2-8(19-6)11(17)18/h4-6,8H,1-3H2,(H,15,16)(H,17,18). The van der Waals surface area contributed by atoms with Crippen molar-refractivity contribution >= 4 is 23.5 Å². The van der Waals surface area contributed by atoms with Gasteiger partial charge in [0, 0.05) is 6.54 Å². The molecule has 7 nitrogen and oxygen atoms in total. The van der Waals surface area contributed by atoms with Gasteiger partial charge in [-0.25, -0.2) is 14.8 Å². The first-order valence-electron chi connectivity index (χ1n) is 5.70. The minimum Gasteiger partial charge on any atom is -0.479 e. The molecule has 2 N–H and O–H groups in total. The summed E-state index contributed by atoms with van der Waals surface area (Å²) in [6, 6.07) is 0. The Balaban J connectivity index is 1.81. The molecule has 1 aliphatic rings. The smallest absolute Gasteiger partial charge is 0.332 e. The number of hydrogen-bond acceptors (Lipinski definition) is 5. The normalized spacial score (nSPS) is 22.2. The number of aliphatic carboxylic acids is 1. The fourth-order valence-corrected chi connectivity index (χ4v) is 1.86. The van der Waals surface area contributed by atoms with Crippen molar-refractivity contribution < 1.29 is 19.4 Å². The highest BCUT2D eigenvalue weighted by atomic mass is 35.5. The first-order chi connectivity index (χ1) is 9.06. The van der Waals surface area contributed by atoms with Crippen LogP contribution in [0, 0.1) is 0 Å². The quantitative estimate of drug-likeness (QED) is 0.835. The molecule has 102 valence electrons. The zero-order valence-electron chi connectivity index (χ0n) is 9.88. The number of halogens is 1. The second-order valence-corrected chi connectivity index (χ2v) is 4.48. The molecule has 19 heavy (non-hydrogen) atoms. The number of ether oxygens (including phenoxy) is 1. The van der Waals surface area contributed by atoms with Crippen molar-refractivity contribution in [1.29, 1.82) is 0 Å². The zero-order chi connectivity index (χ0) is 13.8. The summed E-state index contributed by atoms with van der Waals surface area (Å²) in [5.41, 5.74) is 0.150. The fraction of sp³-hybridized carbons (Fsp3) is 0.455. The van der Waals surface area contributed by atoms with Crippen molar-refractivity contribution in [3.05, 3.63) is 23.2 Å². The van der Waals surface area contributed by atoms with E-state index in [9.17, 15) is 9.59 Å². The Labute approximate surface area is 114 Å². The van der Waals surface area contributed by atoms with E-state index in [0.717, 1.165) is 0 Å². The Morgan fingerprint density at radius 3 is 2.79 bits per heavy atom. The summed E-state index contributed by atoms with van der Waals surface area (Å²) in [7, 11) is 0. The maximum absolute atomic E-state index is 11.7. The molecule has 0 radical (unpaired) electrons. The predicted molar refractivity (Wildman–Crippen MR) is 64.9 cm³/mol. The minimum absolute atomic E-state index is 0.150. The molecule has 0 spiro atoms. The number of hydrogen-bond donors (Lipinski definition) is 2. The van der Waals surface area contributed by atoms with E-state index in [1.54, 1.807) is 0 Å². The molecule has 0 aliphatic carbocycles. The van der Waals surface area contributed by atoms with Gasteiger partial charge >= 0.3 is 5.97 Å². The third-order valence-electron chi connectivity index (χ3n) is 2.73. The lowest BCUT2D eigenvalue weighted by molar-refractivity contribution is -0.149. The van der Waals surface area contributed by atoms with Crippen LogP contribution < -0.4 is 5.32 Å². The monoisotopic (exact) mass is 285 g/mol. The number of rotatable bonds is 4. The Morgan fingerprint density at radius 1 is 1.42 bits per heavy atom. The number of amides is 1. The second kappa shape index (κ2) is 5.94. The first-order valence-corrected chi connectivity index (χ1v) is 6.08. The molecule has 1 saturated heterocycles. The summed E-state index contributed by atoms with van der Waals surface area (Å²) in [6.07, 6.45) is 2.54. The van der Waals surface area contributed by atoms with Crippen molar-refractivity contribution in [1.82, 2.24) is 15.3 Å². The molecule has 1 aromatic rings. The average Bonchev–Trinajstić information content (AvgIpc) is 2.86. The molecule has 0 bridgehead atoms. The number of carboxylic acid groups (broad SMARTS) is 1. The van der Waals surface area contributed by atoms with E-state index in [0.29, 0.717) is 12.8 Å². The summed E-state index contributed by atoms with van der Waals surface area (Å²) in [5, 5.41) is 11.6. The number of aromatic nitrogens is 2. The van der Waals surface area contributed by atoms with Crippen LogP contribution in [-0.4, -0.2) is 45.7 Å². The van der Waals surface area contributed by atoms with E-state index in [-0.39, 0.29) is 23.5 Å². The maximum atomic E-state index is 11.7. The molecule has 2 atom stereocenters. The summed E-state index contributed by atoms with van der Waals surface area (Å²) >= 11 is 5.56. The van der Waals surface area contributed by atoms with E-state index < -0.39 is 18.0 Å². The highest BCUT2D eigenvalue weighted by Crippen LogP contribution is 2.19. The van der Waals surface area contributed by atoms with E-state index in [4.69, 9.17) is 21.4 Å². The van der Waals surface area contributed by atoms with Gasteiger partial charge in [-0.15, -0.1) is 0 Å². The molecule has 2 heterocycles. The minimum atomic E-state index is -0.975. The van der Waals surface area contributed by atoms with Crippen molar-refractivity contribution in [2.45, 2.75) is 25.0 Å². The Hall–Kier alpha value is -1.73. The van der Waals surface area contributed by atoms with Gasteiger partial charge in [-0.2, -0.15) is 0 Å². The molecule has 0 saturated carbocycles. The lowest BCUT2D eigenvalue weighted by Gasteiger charge is -2.11. The number of nitrogens with zero attached hydrogens (tertiary/aromatic N) is 2. The first kappa shape index (κ1) is 13.7. The molecule has 2 rings (SSSR count). The van der Waals surface area contributed by atoms with E-state index in [1.807, 2.05) is 0 Å². The zero-order valence-corrected chi connectivity index (χ0v) is 10.6. The molecule has 8 heteroatoms. The van der Waals surface area contributed by atoms with Crippen LogP contribution in [0.25, 0.3) is 0 Å². The molecule has 0 aromatic carbocycles. The lowest BCUT2D eigenvalue weighted by atomic mass is 10.2. The molecule has 1 amide bonds. The highest BCUT2D eigenvalue weighted by Gasteiger charge is 2.30. The van der Waals surface area contributed by atoms with Crippen molar-refractivity contribution in [2.75, 3.05) is 6.54 Å². The van der Waals surface area contributed by atoms with Gasteiger partial charge in [0.05, 0.1) is 18.5 Å². The van der Waals surface area contributed by atoms with Crippen LogP contribution in [0.15, 0.2) is 12.4 Å². The number of carbonyl (C=O) groups excluding carboxylic acids is 1. The predicted octanol–water partition coefficient (Wildman–Crippen LogP) is 0.492. The maximum Gasteiger partial charge on any atom is 0.332 e. The third kappa shape index (κ3) is 3.62. The Kier molecular flexibility index (Phi) is 4.28. The van der Waals surface area contributed by atoms with Crippen molar-refractivity contribution in [3.8, 4) is 0 Å². The SMILES string of the molecule is O=C(NCC1CCC(C(=O)O)O1)c1cnc(Cl)cn1. The van der Waals surface area contributed by atoms with Crippen LogP contribution in [0.4, 0.5) is 0 Å². The Bertz CT molecular complexity index is 479. The van der Waals surface area contributed by atoms with E-state index in [1.165, 1.54) is 12.4 Å². The summed E-state index contributed by atoms with van der Waals surface area (Å²) in [4.78, 5) is 30.0. The molecule has 1 fully saturated rings. The van der Waals surface area contributed by atoms with Gasteiger partial charge in [-0.05, 0) is 12.8 Å². The van der Waals surface area contributed by atoms with Crippen LogP contribution >= 0.6 is 11.6 Å².